The Morgan fingerprint density at radius 2 is 1.65 bits per heavy atom. The highest BCUT2D eigenvalue weighted by molar-refractivity contribution is 6.20. The Kier molecular flexibility index (Phi) is 6.72. The van der Waals surface area contributed by atoms with E-state index in [0.29, 0.717) is 11.3 Å². The van der Waals surface area contributed by atoms with Crippen molar-refractivity contribution in [2.45, 2.75) is 94.0 Å². The summed E-state index contributed by atoms with van der Waals surface area (Å²) >= 11 is 6.43. The van der Waals surface area contributed by atoms with Crippen molar-refractivity contribution in [3.05, 3.63) is 71.3 Å². The first-order valence-electron chi connectivity index (χ1n) is 12.7. The lowest BCUT2D eigenvalue weighted by Crippen LogP contribution is -2.42. The molecule has 1 aliphatic heterocycles. The summed E-state index contributed by atoms with van der Waals surface area (Å²) in [6.07, 6.45) is 11.6. The smallest absolute Gasteiger partial charge is 0.0341 e. The van der Waals surface area contributed by atoms with Gasteiger partial charge in [0.1, 0.15) is 0 Å². The fraction of sp³-hybridized carbons (Fsp3) is 0.586. The number of nitrogens with zero attached hydrogens (tertiary/aromatic N) is 1. The zero-order chi connectivity index (χ0) is 21.2. The van der Waals surface area contributed by atoms with Crippen LogP contribution in [0.3, 0.4) is 0 Å². The summed E-state index contributed by atoms with van der Waals surface area (Å²) in [5, 5.41) is 0.378. The van der Waals surface area contributed by atoms with Gasteiger partial charge < -0.3 is 0 Å². The second-order valence-electron chi connectivity index (χ2n) is 10.5. The van der Waals surface area contributed by atoms with Crippen LogP contribution in [0.4, 0.5) is 0 Å². The number of halogens is 1. The zero-order valence-electron chi connectivity index (χ0n) is 19.1. The maximum atomic E-state index is 6.43. The first-order valence-corrected chi connectivity index (χ1v) is 13.1. The molecule has 6 atom stereocenters. The highest BCUT2D eigenvalue weighted by Crippen LogP contribution is 2.48. The monoisotopic (exact) mass is 435 g/mol. The van der Waals surface area contributed by atoms with E-state index in [-0.39, 0.29) is 0 Å². The van der Waals surface area contributed by atoms with Gasteiger partial charge in [0.05, 0.1) is 0 Å². The third-order valence-electron chi connectivity index (χ3n) is 8.35. The molecule has 1 nitrogen and oxygen atoms in total. The maximum absolute atomic E-state index is 6.43. The van der Waals surface area contributed by atoms with Gasteiger partial charge in [0.2, 0.25) is 0 Å². The summed E-state index contributed by atoms with van der Waals surface area (Å²) < 4.78 is 0. The molecule has 0 spiro atoms. The average molecular weight is 436 g/mol. The molecule has 2 heteroatoms. The van der Waals surface area contributed by atoms with E-state index in [1.165, 1.54) is 69.0 Å². The molecule has 0 bridgehead atoms. The number of hydrogen-bond donors (Lipinski definition) is 0. The number of aryl methyl sites for hydroxylation is 1. The predicted molar refractivity (Wildman–Crippen MR) is 132 cm³/mol. The standard InChI is InChI=1S/C29H38ClN/c1-21-18-23(11-10-22-6-3-2-4-7-22)16-17-31(21)29-20-28(29)25-14-12-24(13-15-25)26-8-5-9-27(30)19-26/h2-4,6-7,12-15,21,23,26-29H,5,8-11,16-20H2,1H3. The van der Waals surface area contributed by atoms with Crippen LogP contribution in [0.15, 0.2) is 54.6 Å². The van der Waals surface area contributed by atoms with E-state index in [9.17, 15) is 0 Å². The van der Waals surface area contributed by atoms with Gasteiger partial charge in [-0.2, -0.15) is 0 Å². The Labute approximate surface area is 194 Å². The molecule has 2 aromatic carbocycles. The number of benzene rings is 2. The molecule has 2 aromatic rings. The first-order chi connectivity index (χ1) is 15.2. The van der Waals surface area contributed by atoms with Crippen molar-refractivity contribution in [1.29, 1.82) is 0 Å². The molecule has 166 valence electrons. The molecule has 0 aromatic heterocycles. The molecular weight excluding hydrogens is 398 g/mol. The van der Waals surface area contributed by atoms with Crippen LogP contribution >= 0.6 is 11.6 Å². The van der Waals surface area contributed by atoms with Crippen molar-refractivity contribution in [2.24, 2.45) is 5.92 Å². The van der Waals surface area contributed by atoms with Gasteiger partial charge in [-0.05, 0) is 93.4 Å². The third-order valence-corrected chi connectivity index (χ3v) is 8.75. The number of rotatable bonds is 6. The Balaban J connectivity index is 1.12. The van der Waals surface area contributed by atoms with Gasteiger partial charge in [-0.1, -0.05) is 61.0 Å². The van der Waals surface area contributed by atoms with E-state index in [2.05, 4.69) is 66.4 Å². The van der Waals surface area contributed by atoms with Gasteiger partial charge in [0.15, 0.2) is 0 Å². The maximum Gasteiger partial charge on any atom is 0.0341 e. The fourth-order valence-electron chi connectivity index (χ4n) is 6.41. The summed E-state index contributed by atoms with van der Waals surface area (Å²) in [5.74, 6) is 2.32. The predicted octanol–water partition coefficient (Wildman–Crippen LogP) is 7.54. The topological polar surface area (TPSA) is 3.24 Å². The van der Waals surface area contributed by atoms with Crippen molar-refractivity contribution in [2.75, 3.05) is 6.54 Å². The molecule has 2 aliphatic carbocycles. The van der Waals surface area contributed by atoms with E-state index in [4.69, 9.17) is 11.6 Å². The molecule has 31 heavy (non-hydrogen) atoms. The van der Waals surface area contributed by atoms with Crippen molar-refractivity contribution >= 4 is 11.6 Å². The van der Waals surface area contributed by atoms with Crippen LogP contribution in [0.2, 0.25) is 0 Å². The Hall–Kier alpha value is -1.31. The Morgan fingerprint density at radius 1 is 0.871 bits per heavy atom. The molecule has 0 amide bonds. The minimum Gasteiger partial charge on any atom is -0.297 e. The lowest BCUT2D eigenvalue weighted by Gasteiger charge is -2.38. The first kappa shape index (κ1) is 21.5. The van der Waals surface area contributed by atoms with Gasteiger partial charge in [0, 0.05) is 23.4 Å². The summed E-state index contributed by atoms with van der Waals surface area (Å²) in [7, 11) is 0. The summed E-state index contributed by atoms with van der Waals surface area (Å²) in [4.78, 5) is 2.83. The molecule has 3 fully saturated rings. The summed E-state index contributed by atoms with van der Waals surface area (Å²) in [6, 6.07) is 22.2. The van der Waals surface area contributed by atoms with Crippen molar-refractivity contribution in [1.82, 2.24) is 4.90 Å². The van der Waals surface area contributed by atoms with Gasteiger partial charge in [-0.15, -0.1) is 11.6 Å². The quantitative estimate of drug-likeness (QED) is 0.423. The van der Waals surface area contributed by atoms with Gasteiger partial charge >= 0.3 is 0 Å². The Morgan fingerprint density at radius 3 is 2.39 bits per heavy atom. The third kappa shape index (κ3) is 5.20. The van der Waals surface area contributed by atoms with Crippen LogP contribution in [0.5, 0.6) is 0 Å². The molecule has 6 unspecified atom stereocenters. The highest BCUT2D eigenvalue weighted by atomic mass is 35.5. The van der Waals surface area contributed by atoms with Crippen LogP contribution < -0.4 is 0 Å². The van der Waals surface area contributed by atoms with E-state index in [1.54, 1.807) is 5.56 Å². The van der Waals surface area contributed by atoms with Crippen molar-refractivity contribution in [3.63, 3.8) is 0 Å². The van der Waals surface area contributed by atoms with E-state index in [0.717, 1.165) is 30.3 Å². The van der Waals surface area contributed by atoms with E-state index >= 15 is 0 Å². The van der Waals surface area contributed by atoms with E-state index in [1.807, 2.05) is 0 Å². The number of piperidine rings is 1. The summed E-state index contributed by atoms with van der Waals surface area (Å²) in [6.45, 7) is 3.76. The molecule has 0 radical (unpaired) electrons. The number of hydrogen-bond acceptors (Lipinski definition) is 1. The van der Waals surface area contributed by atoms with Gasteiger partial charge in [0.25, 0.3) is 0 Å². The largest absolute Gasteiger partial charge is 0.297 e. The minimum absolute atomic E-state index is 0.378. The SMILES string of the molecule is CC1CC(CCc2ccccc2)CCN1C1CC1c1ccc(C2CCCC(Cl)C2)cc1. The number of alkyl halides is 1. The minimum atomic E-state index is 0.378. The van der Waals surface area contributed by atoms with Crippen molar-refractivity contribution in [3.8, 4) is 0 Å². The van der Waals surface area contributed by atoms with Crippen LogP contribution in [-0.2, 0) is 6.42 Å². The van der Waals surface area contributed by atoms with E-state index < -0.39 is 0 Å². The lowest BCUT2D eigenvalue weighted by molar-refractivity contribution is 0.109. The molecule has 5 rings (SSSR count). The molecule has 2 saturated carbocycles. The highest BCUT2D eigenvalue weighted by Gasteiger charge is 2.45. The number of likely N-dealkylation sites (tertiary alicyclic amines) is 1. The second kappa shape index (κ2) is 9.67. The van der Waals surface area contributed by atoms with Gasteiger partial charge in [-0.3, -0.25) is 4.90 Å². The molecule has 1 saturated heterocycles. The summed E-state index contributed by atoms with van der Waals surface area (Å²) in [5.41, 5.74) is 4.57. The zero-order valence-corrected chi connectivity index (χ0v) is 19.8. The molecule has 1 heterocycles. The molecular formula is C29H38ClN. The van der Waals surface area contributed by atoms with Crippen LogP contribution in [0.1, 0.15) is 86.8 Å². The second-order valence-corrected chi connectivity index (χ2v) is 11.2. The lowest BCUT2D eigenvalue weighted by atomic mass is 9.83. The van der Waals surface area contributed by atoms with Crippen molar-refractivity contribution < 1.29 is 0 Å². The Bertz CT molecular complexity index is 832. The van der Waals surface area contributed by atoms with Crippen LogP contribution in [-0.4, -0.2) is 28.9 Å². The normalized spacial score (nSPS) is 33.9. The average Bonchev–Trinajstić information content (AvgIpc) is 3.59. The molecule has 3 aliphatic rings. The molecule has 0 N–H and O–H groups in total. The van der Waals surface area contributed by atoms with Gasteiger partial charge in [-0.25, -0.2) is 0 Å². The van der Waals surface area contributed by atoms with Crippen LogP contribution in [0.25, 0.3) is 0 Å². The fourth-order valence-corrected chi connectivity index (χ4v) is 6.78. The van der Waals surface area contributed by atoms with Crippen LogP contribution in [0, 0.1) is 5.92 Å².